The maximum Gasteiger partial charge on any atom is 0.211 e. The number of carbonyl (C=O) groups is 1. The van der Waals surface area contributed by atoms with Crippen LogP contribution in [0.25, 0.3) is 0 Å². The summed E-state index contributed by atoms with van der Waals surface area (Å²) in [6.07, 6.45) is 0. The van der Waals surface area contributed by atoms with E-state index in [1.165, 1.54) is 49.6 Å². The highest BCUT2D eigenvalue weighted by Gasteiger charge is 2.32. The summed E-state index contributed by atoms with van der Waals surface area (Å²) in [7, 11) is -2.70. The molecule has 1 aromatic heterocycles. The number of anilines is 3. The molecule has 3 aromatic carbocycles. The van der Waals surface area contributed by atoms with Gasteiger partial charge in [0.15, 0.2) is 0 Å². The first-order valence-corrected chi connectivity index (χ1v) is 12.9. The van der Waals surface area contributed by atoms with E-state index in [2.05, 4.69) is 5.32 Å². The van der Waals surface area contributed by atoms with Crippen molar-refractivity contribution in [1.82, 2.24) is 0 Å². The summed E-state index contributed by atoms with van der Waals surface area (Å²) < 4.78 is 46.9. The number of aryl methyl sites for hydroxylation is 2. The Morgan fingerprint density at radius 1 is 1.03 bits per heavy atom. The van der Waals surface area contributed by atoms with E-state index in [-0.39, 0.29) is 31.0 Å². The van der Waals surface area contributed by atoms with E-state index in [4.69, 9.17) is 10.5 Å². The third kappa shape index (κ3) is 4.65. The average molecular weight is 511 g/mol. The molecule has 0 aliphatic carbocycles. The van der Waals surface area contributed by atoms with Crippen molar-refractivity contribution in [3.05, 3.63) is 94.1 Å². The lowest BCUT2D eigenvalue weighted by atomic mass is 10.0. The quantitative estimate of drug-likeness (QED) is 0.300. The molecule has 0 saturated heterocycles. The van der Waals surface area contributed by atoms with Gasteiger partial charge in [-0.25, -0.2) is 12.8 Å². The van der Waals surface area contributed by atoms with Gasteiger partial charge in [0.2, 0.25) is 15.6 Å². The third-order valence-electron chi connectivity index (χ3n) is 5.49. The van der Waals surface area contributed by atoms with Gasteiger partial charge in [0, 0.05) is 5.56 Å². The Hall–Kier alpha value is -3.69. The van der Waals surface area contributed by atoms with Crippen molar-refractivity contribution < 1.29 is 22.3 Å². The van der Waals surface area contributed by atoms with Crippen molar-refractivity contribution >= 4 is 43.3 Å². The van der Waals surface area contributed by atoms with Crippen molar-refractivity contribution in [1.29, 1.82) is 0 Å². The first kappa shape index (κ1) is 24.4. The smallest absolute Gasteiger partial charge is 0.211 e. The normalized spacial score (nSPS) is 11.3. The predicted molar refractivity (Wildman–Crippen MR) is 136 cm³/mol. The van der Waals surface area contributed by atoms with E-state index in [0.29, 0.717) is 11.3 Å². The van der Waals surface area contributed by atoms with Crippen LogP contribution in [-0.2, 0) is 9.84 Å². The predicted octanol–water partition coefficient (Wildman–Crippen LogP) is 5.90. The van der Waals surface area contributed by atoms with Crippen molar-refractivity contribution in [3.8, 4) is 5.75 Å². The number of methoxy groups -OCH3 is 1. The van der Waals surface area contributed by atoms with Crippen molar-refractivity contribution in [3.63, 3.8) is 0 Å². The van der Waals surface area contributed by atoms with E-state index >= 15 is 0 Å². The second-order valence-corrected chi connectivity index (χ2v) is 10.8. The molecular formula is C26H23FN2O4S2. The molecule has 9 heteroatoms. The highest BCUT2D eigenvalue weighted by atomic mass is 32.2. The van der Waals surface area contributed by atoms with Crippen molar-refractivity contribution in [2.24, 2.45) is 0 Å². The monoisotopic (exact) mass is 510 g/mol. The molecule has 4 aromatic rings. The average Bonchev–Trinajstić information content (AvgIpc) is 3.16. The third-order valence-corrected chi connectivity index (χ3v) is 8.60. The van der Waals surface area contributed by atoms with Gasteiger partial charge in [0.1, 0.15) is 26.3 Å². The summed E-state index contributed by atoms with van der Waals surface area (Å²) in [6.45, 7) is 3.72. The van der Waals surface area contributed by atoms with Gasteiger partial charge in [-0.3, -0.25) is 4.79 Å². The standard InChI is InChI=1S/C26H23FN2O4S2/c1-15-8-13-19(16(2)14-15)23(30)24-22(28)25(26(34-24)29-21-7-5-4-6-20(21)27)35(31,32)18-11-9-17(33-3)10-12-18/h4-14,29H,28H2,1-3H3. The summed E-state index contributed by atoms with van der Waals surface area (Å²) >= 11 is 0.879. The van der Waals surface area contributed by atoms with Gasteiger partial charge >= 0.3 is 0 Å². The fourth-order valence-corrected chi connectivity index (χ4v) is 6.61. The highest BCUT2D eigenvalue weighted by molar-refractivity contribution is 7.92. The van der Waals surface area contributed by atoms with Gasteiger partial charge in [0.05, 0.1) is 23.4 Å². The molecule has 1 heterocycles. The largest absolute Gasteiger partial charge is 0.497 e. The molecule has 0 bridgehead atoms. The van der Waals surface area contributed by atoms with Crippen molar-refractivity contribution in [2.75, 3.05) is 18.2 Å². The molecule has 3 N–H and O–H groups in total. The summed E-state index contributed by atoms with van der Waals surface area (Å²) in [5.41, 5.74) is 8.36. The topological polar surface area (TPSA) is 98.5 Å². The first-order valence-electron chi connectivity index (χ1n) is 10.6. The number of ketones is 1. The molecule has 0 unspecified atom stereocenters. The molecule has 0 radical (unpaired) electrons. The first-order chi connectivity index (χ1) is 16.6. The number of carbonyl (C=O) groups excluding carboxylic acids is 1. The van der Waals surface area contributed by atoms with Gasteiger partial charge in [-0.2, -0.15) is 0 Å². The van der Waals surface area contributed by atoms with Crippen LogP contribution >= 0.6 is 11.3 Å². The summed E-state index contributed by atoms with van der Waals surface area (Å²) in [6, 6.07) is 17.0. The van der Waals surface area contributed by atoms with E-state index in [0.717, 1.165) is 22.5 Å². The molecule has 0 saturated carbocycles. The summed E-state index contributed by atoms with van der Waals surface area (Å²) in [5, 5.41) is 2.89. The lowest BCUT2D eigenvalue weighted by Gasteiger charge is -2.10. The number of para-hydroxylation sites is 1. The molecule has 35 heavy (non-hydrogen) atoms. The second kappa shape index (κ2) is 9.52. The Labute approximate surface area is 207 Å². The zero-order valence-corrected chi connectivity index (χ0v) is 20.9. The molecule has 0 atom stereocenters. The van der Waals surface area contributed by atoms with E-state index in [1.54, 1.807) is 25.1 Å². The van der Waals surface area contributed by atoms with Crippen LogP contribution in [0.3, 0.4) is 0 Å². The fraction of sp³-hybridized carbons (Fsp3) is 0.115. The van der Waals surface area contributed by atoms with Crippen LogP contribution in [0, 0.1) is 19.7 Å². The van der Waals surface area contributed by atoms with Crippen LogP contribution in [0.5, 0.6) is 5.75 Å². The van der Waals surface area contributed by atoms with Gasteiger partial charge in [-0.15, -0.1) is 11.3 Å². The molecule has 180 valence electrons. The lowest BCUT2D eigenvalue weighted by Crippen LogP contribution is -2.09. The van der Waals surface area contributed by atoms with Crippen LogP contribution in [-0.4, -0.2) is 21.3 Å². The number of sulfone groups is 1. The Bertz CT molecular complexity index is 1530. The van der Waals surface area contributed by atoms with Crippen LogP contribution in [0.1, 0.15) is 26.4 Å². The highest BCUT2D eigenvalue weighted by Crippen LogP contribution is 2.44. The number of nitrogens with two attached hydrogens (primary N) is 1. The number of hydrogen-bond acceptors (Lipinski definition) is 7. The maximum absolute atomic E-state index is 14.4. The molecular weight excluding hydrogens is 487 g/mol. The number of nitrogen functional groups attached to an aromatic ring is 1. The molecule has 0 aliphatic rings. The summed E-state index contributed by atoms with van der Waals surface area (Å²) in [5.74, 6) is -0.495. The minimum Gasteiger partial charge on any atom is -0.497 e. The second-order valence-electron chi connectivity index (χ2n) is 7.93. The van der Waals surface area contributed by atoms with Crippen molar-refractivity contribution in [2.45, 2.75) is 23.6 Å². The number of ether oxygens (including phenoxy) is 1. The molecule has 0 fully saturated rings. The van der Waals surface area contributed by atoms with Gasteiger partial charge in [-0.1, -0.05) is 35.9 Å². The minimum absolute atomic E-state index is 0.0371. The van der Waals surface area contributed by atoms with E-state index in [9.17, 15) is 17.6 Å². The molecule has 0 amide bonds. The number of thiophene rings is 1. The Morgan fingerprint density at radius 3 is 2.34 bits per heavy atom. The van der Waals surface area contributed by atoms with E-state index in [1.807, 2.05) is 13.0 Å². The number of benzene rings is 3. The zero-order chi connectivity index (χ0) is 25.3. The van der Waals surface area contributed by atoms with Gasteiger partial charge in [0.25, 0.3) is 0 Å². The fourth-order valence-electron chi connectivity index (χ4n) is 3.69. The van der Waals surface area contributed by atoms with E-state index < -0.39 is 21.4 Å². The molecule has 0 aliphatic heterocycles. The number of rotatable bonds is 7. The minimum atomic E-state index is -4.18. The number of hydrogen-bond donors (Lipinski definition) is 2. The van der Waals surface area contributed by atoms with Gasteiger partial charge in [-0.05, 0) is 55.8 Å². The molecule has 0 spiro atoms. The molecule has 6 nitrogen and oxygen atoms in total. The maximum atomic E-state index is 14.4. The summed E-state index contributed by atoms with van der Waals surface area (Å²) in [4.78, 5) is 13.2. The van der Waals surface area contributed by atoms with Crippen LogP contribution in [0.2, 0.25) is 0 Å². The molecule has 4 rings (SSSR count). The van der Waals surface area contributed by atoms with Crippen LogP contribution in [0.15, 0.2) is 76.5 Å². The number of nitrogens with one attached hydrogen (secondary N) is 1. The zero-order valence-electron chi connectivity index (χ0n) is 19.3. The SMILES string of the molecule is COc1ccc(S(=O)(=O)c2c(Nc3ccccc3F)sc(C(=O)c3ccc(C)cc3C)c2N)cc1. The van der Waals surface area contributed by atoms with Gasteiger partial charge < -0.3 is 15.8 Å². The Morgan fingerprint density at radius 2 is 1.71 bits per heavy atom. The van der Waals surface area contributed by atoms with Crippen LogP contribution in [0.4, 0.5) is 20.8 Å². The number of halogens is 1. The Balaban J connectivity index is 1.90. The van der Waals surface area contributed by atoms with Crippen LogP contribution < -0.4 is 15.8 Å². The Kier molecular flexibility index (Phi) is 6.64. The lowest BCUT2D eigenvalue weighted by molar-refractivity contribution is 0.104.